The van der Waals surface area contributed by atoms with E-state index in [4.69, 9.17) is 4.74 Å². The highest BCUT2D eigenvalue weighted by molar-refractivity contribution is 7.92. The lowest BCUT2D eigenvalue weighted by atomic mass is 10.1. The molecule has 13 heteroatoms. The second kappa shape index (κ2) is 12.5. The molecule has 1 atom stereocenters. The van der Waals surface area contributed by atoms with Crippen LogP contribution in [0, 0.1) is 21.8 Å². The zero-order valence-electron chi connectivity index (χ0n) is 21.3. The van der Waals surface area contributed by atoms with Crippen LogP contribution in [0.25, 0.3) is 0 Å². The number of methoxy groups -OCH3 is 1. The normalized spacial score (nSPS) is 12.1. The third kappa shape index (κ3) is 8.13. The number of ether oxygens (including phenoxy) is 1. The van der Waals surface area contributed by atoms with E-state index in [-0.39, 0.29) is 23.9 Å². The van der Waals surface area contributed by atoms with Crippen molar-refractivity contribution in [1.82, 2.24) is 10.2 Å². The number of amides is 2. The Morgan fingerprint density at radius 1 is 1.14 bits per heavy atom. The van der Waals surface area contributed by atoms with Gasteiger partial charge in [0.2, 0.25) is 21.8 Å². The summed E-state index contributed by atoms with van der Waals surface area (Å²) in [4.78, 5) is 38.1. The first-order chi connectivity index (χ1) is 17.2. The minimum absolute atomic E-state index is 0.00312. The van der Waals surface area contributed by atoms with E-state index in [0.29, 0.717) is 16.4 Å². The zero-order valence-corrected chi connectivity index (χ0v) is 22.1. The number of benzene rings is 2. The lowest BCUT2D eigenvalue weighted by Gasteiger charge is -2.32. The van der Waals surface area contributed by atoms with E-state index in [9.17, 15) is 32.5 Å². The van der Waals surface area contributed by atoms with E-state index in [2.05, 4.69) is 5.32 Å². The largest absolute Gasteiger partial charge is 0.495 e. The Morgan fingerprint density at radius 3 is 2.27 bits per heavy atom. The second-order valence-electron chi connectivity index (χ2n) is 8.85. The van der Waals surface area contributed by atoms with Crippen molar-refractivity contribution in [2.45, 2.75) is 33.4 Å². The van der Waals surface area contributed by atoms with Gasteiger partial charge in [0.05, 0.1) is 18.3 Å². The maximum absolute atomic E-state index is 13.5. The first-order valence-electron chi connectivity index (χ1n) is 11.4. The molecule has 11 nitrogen and oxygen atoms in total. The molecule has 37 heavy (non-hydrogen) atoms. The van der Waals surface area contributed by atoms with E-state index < -0.39 is 50.9 Å². The lowest BCUT2D eigenvalue weighted by Crippen LogP contribution is -2.51. The lowest BCUT2D eigenvalue weighted by molar-refractivity contribution is -0.384. The molecule has 0 unspecified atom stereocenters. The molecule has 0 aliphatic heterocycles. The first-order valence-corrected chi connectivity index (χ1v) is 13.2. The number of carbonyl (C=O) groups is 2. The van der Waals surface area contributed by atoms with E-state index in [0.717, 1.165) is 18.4 Å². The van der Waals surface area contributed by atoms with Crippen LogP contribution in [0.1, 0.15) is 26.3 Å². The molecule has 0 bridgehead atoms. The van der Waals surface area contributed by atoms with E-state index in [1.54, 1.807) is 0 Å². The van der Waals surface area contributed by atoms with Crippen LogP contribution in [0.4, 0.5) is 15.8 Å². The number of rotatable bonds is 12. The van der Waals surface area contributed by atoms with Crippen LogP contribution in [0.3, 0.4) is 0 Å². The van der Waals surface area contributed by atoms with Gasteiger partial charge in [0.15, 0.2) is 0 Å². The molecule has 0 aliphatic rings. The van der Waals surface area contributed by atoms with Gasteiger partial charge >= 0.3 is 0 Å². The Morgan fingerprint density at radius 2 is 1.76 bits per heavy atom. The Bertz CT molecular complexity index is 1240. The highest BCUT2D eigenvalue weighted by Gasteiger charge is 2.32. The number of carbonyl (C=O) groups excluding carboxylic acids is 2. The fourth-order valence-electron chi connectivity index (χ4n) is 3.40. The van der Waals surface area contributed by atoms with Crippen molar-refractivity contribution < 1.29 is 32.1 Å². The average Bonchev–Trinajstić information content (AvgIpc) is 2.83. The summed E-state index contributed by atoms with van der Waals surface area (Å²) >= 11 is 0. The van der Waals surface area contributed by atoms with Crippen LogP contribution in [-0.4, -0.2) is 62.6 Å². The molecular weight excluding hydrogens is 507 g/mol. The summed E-state index contributed by atoms with van der Waals surface area (Å²) in [5.74, 6) is -1.54. The molecule has 2 aromatic carbocycles. The summed E-state index contributed by atoms with van der Waals surface area (Å²) in [5.41, 5.74) is -0.0928. The highest BCUT2D eigenvalue weighted by atomic mass is 32.2. The number of nitro groups is 1. The molecule has 1 N–H and O–H groups in total. The second-order valence-corrected chi connectivity index (χ2v) is 10.8. The van der Waals surface area contributed by atoms with E-state index >= 15 is 0 Å². The predicted molar refractivity (Wildman–Crippen MR) is 136 cm³/mol. The summed E-state index contributed by atoms with van der Waals surface area (Å²) in [6.45, 7) is 4.79. The minimum atomic E-state index is -4.13. The molecule has 0 fully saturated rings. The van der Waals surface area contributed by atoms with Crippen molar-refractivity contribution >= 4 is 33.2 Å². The van der Waals surface area contributed by atoms with Crippen LogP contribution in [0.5, 0.6) is 5.75 Å². The number of non-ortho nitro benzene ring substituents is 1. The zero-order chi connectivity index (χ0) is 27.9. The number of hydrogen-bond donors (Lipinski definition) is 1. The van der Waals surface area contributed by atoms with Crippen LogP contribution >= 0.6 is 0 Å². The van der Waals surface area contributed by atoms with Crippen molar-refractivity contribution in [2.24, 2.45) is 5.92 Å². The van der Waals surface area contributed by atoms with Gasteiger partial charge in [-0.05, 0) is 36.6 Å². The topological polar surface area (TPSA) is 139 Å². The molecule has 202 valence electrons. The van der Waals surface area contributed by atoms with Crippen molar-refractivity contribution in [3.63, 3.8) is 0 Å². The van der Waals surface area contributed by atoms with Crippen molar-refractivity contribution in [3.05, 3.63) is 64.0 Å². The maximum Gasteiger partial charge on any atom is 0.271 e. The number of sulfonamides is 1. The molecule has 0 heterocycles. The molecule has 0 aliphatic carbocycles. The number of halogens is 1. The molecule has 0 spiro atoms. The van der Waals surface area contributed by atoms with Gasteiger partial charge in [-0.3, -0.25) is 24.0 Å². The third-order valence-corrected chi connectivity index (χ3v) is 6.57. The molecule has 2 rings (SSSR count). The Hall–Kier alpha value is -3.74. The Kier molecular flexibility index (Phi) is 9.95. The fourth-order valence-corrected chi connectivity index (χ4v) is 4.25. The third-order valence-electron chi connectivity index (χ3n) is 5.44. The summed E-state index contributed by atoms with van der Waals surface area (Å²) < 4.78 is 44.8. The number of nitrogens with one attached hydrogen (secondary N) is 1. The quantitative estimate of drug-likeness (QED) is 0.324. The van der Waals surface area contributed by atoms with Crippen molar-refractivity contribution in [1.29, 1.82) is 0 Å². The molecule has 0 saturated carbocycles. The van der Waals surface area contributed by atoms with Crippen molar-refractivity contribution in [3.8, 4) is 5.75 Å². The number of nitrogens with zero attached hydrogens (tertiary/aromatic N) is 3. The maximum atomic E-state index is 13.5. The van der Waals surface area contributed by atoms with Gasteiger partial charge in [0.1, 0.15) is 29.8 Å². The van der Waals surface area contributed by atoms with Gasteiger partial charge in [-0.2, -0.15) is 0 Å². The summed E-state index contributed by atoms with van der Waals surface area (Å²) in [6.07, 6.45) is 0.849. The van der Waals surface area contributed by atoms with Crippen LogP contribution in [0.15, 0.2) is 42.5 Å². The first kappa shape index (κ1) is 29.5. The molecule has 0 aromatic heterocycles. The summed E-state index contributed by atoms with van der Waals surface area (Å²) in [7, 11) is -2.88. The molecule has 2 aromatic rings. The Labute approximate surface area is 215 Å². The minimum Gasteiger partial charge on any atom is -0.495 e. The SMILES string of the molecule is COc1ccc([N+](=O)[O-])cc1N(CC(=O)N(Cc1ccc(F)cc1)[C@H](C)C(=O)NCC(C)C)S(C)(=O)=O. The van der Waals surface area contributed by atoms with Crippen LogP contribution < -0.4 is 14.4 Å². The van der Waals surface area contributed by atoms with Gasteiger partial charge in [-0.15, -0.1) is 0 Å². The van der Waals surface area contributed by atoms with Crippen LogP contribution in [-0.2, 0) is 26.2 Å². The van der Waals surface area contributed by atoms with E-state index in [1.165, 1.54) is 49.3 Å². The standard InChI is InChI=1S/C24H31FN4O7S/c1-16(2)13-26-24(31)17(3)27(14-18-6-8-19(25)9-7-18)23(30)15-28(37(5,34)35)21-12-20(29(32)33)10-11-22(21)36-4/h6-12,16-17H,13-15H2,1-5H3,(H,26,31)/t17-/m1/s1. The molecular formula is C24H31FN4O7S. The van der Waals surface area contributed by atoms with Gasteiger partial charge in [0, 0.05) is 25.2 Å². The number of nitro benzene ring substituents is 1. The average molecular weight is 539 g/mol. The highest BCUT2D eigenvalue weighted by Crippen LogP contribution is 2.33. The summed E-state index contributed by atoms with van der Waals surface area (Å²) in [6, 6.07) is 7.68. The smallest absolute Gasteiger partial charge is 0.271 e. The fraction of sp³-hybridized carbons (Fsp3) is 0.417. The van der Waals surface area contributed by atoms with Crippen LogP contribution in [0.2, 0.25) is 0 Å². The van der Waals surface area contributed by atoms with Crippen molar-refractivity contribution in [2.75, 3.05) is 30.8 Å². The Balaban J connectivity index is 2.48. The van der Waals surface area contributed by atoms with Gasteiger partial charge in [-0.1, -0.05) is 26.0 Å². The van der Waals surface area contributed by atoms with Gasteiger partial charge in [-0.25, -0.2) is 12.8 Å². The van der Waals surface area contributed by atoms with Gasteiger partial charge in [0.25, 0.3) is 5.69 Å². The number of anilines is 1. The molecule has 2 amide bonds. The summed E-state index contributed by atoms with van der Waals surface area (Å²) in [5, 5.41) is 14.1. The van der Waals surface area contributed by atoms with Gasteiger partial charge < -0.3 is 15.0 Å². The molecule has 0 radical (unpaired) electrons. The predicted octanol–water partition coefficient (Wildman–Crippen LogP) is 2.70. The molecule has 0 saturated heterocycles. The number of hydrogen-bond acceptors (Lipinski definition) is 7. The van der Waals surface area contributed by atoms with E-state index in [1.807, 2.05) is 13.8 Å². The monoisotopic (exact) mass is 538 g/mol.